The summed E-state index contributed by atoms with van der Waals surface area (Å²) in [4.78, 5) is 17.0. The van der Waals surface area contributed by atoms with Crippen LogP contribution in [0.4, 0.5) is 10.5 Å². The van der Waals surface area contributed by atoms with Crippen molar-refractivity contribution in [2.75, 3.05) is 12.4 Å². The number of ether oxygens (including phenoxy) is 2. The minimum absolute atomic E-state index is 0.102. The lowest BCUT2D eigenvalue weighted by atomic mass is 10.1. The van der Waals surface area contributed by atoms with Crippen molar-refractivity contribution in [2.24, 2.45) is 7.05 Å². The van der Waals surface area contributed by atoms with Gasteiger partial charge in [-0.3, -0.25) is 10.00 Å². The van der Waals surface area contributed by atoms with Crippen LogP contribution in [0.15, 0.2) is 42.5 Å². The van der Waals surface area contributed by atoms with Gasteiger partial charge in [0.1, 0.15) is 18.2 Å². The lowest BCUT2D eigenvalue weighted by Crippen LogP contribution is -2.14. The predicted molar refractivity (Wildman–Crippen MR) is 122 cm³/mol. The highest BCUT2D eigenvalue weighted by atomic mass is 16.5. The second-order valence-electron chi connectivity index (χ2n) is 8.04. The molecular weight excluding hydrogens is 406 g/mol. The maximum Gasteiger partial charge on any atom is 0.412 e. The van der Waals surface area contributed by atoms with Gasteiger partial charge in [-0.15, -0.1) is 0 Å². The van der Waals surface area contributed by atoms with Crippen molar-refractivity contribution in [3.63, 3.8) is 0 Å². The Balaban J connectivity index is 1.26. The van der Waals surface area contributed by atoms with Crippen molar-refractivity contribution in [1.82, 2.24) is 19.3 Å². The molecule has 3 heterocycles. The second kappa shape index (κ2) is 8.03. The zero-order valence-corrected chi connectivity index (χ0v) is 18.4. The number of fused-ring (bicyclic) bond motifs is 3. The van der Waals surface area contributed by atoms with Crippen LogP contribution in [0, 0.1) is 6.92 Å². The van der Waals surface area contributed by atoms with Crippen LogP contribution < -0.4 is 10.1 Å². The van der Waals surface area contributed by atoms with Crippen molar-refractivity contribution >= 4 is 22.8 Å². The first-order valence-electron chi connectivity index (χ1n) is 10.6. The first-order valence-corrected chi connectivity index (χ1v) is 10.6. The first kappa shape index (κ1) is 20.1. The Hall–Kier alpha value is -3.81. The number of carbonyl (C=O) groups excluding carboxylic acids is 1. The topological polar surface area (TPSA) is 83.2 Å². The molecule has 0 unspecified atom stereocenters. The first-order chi connectivity index (χ1) is 15.5. The molecule has 4 aromatic rings. The van der Waals surface area contributed by atoms with Crippen LogP contribution in [0.5, 0.6) is 5.75 Å². The normalized spacial score (nSPS) is 12.7. The molecule has 0 bridgehead atoms. The average Bonchev–Trinajstić information content (AvgIpc) is 3.46. The van der Waals surface area contributed by atoms with Crippen LogP contribution in [-0.2, 0) is 31.4 Å². The number of aromatic nitrogens is 4. The Morgan fingerprint density at radius 2 is 2.06 bits per heavy atom. The number of carbonyl (C=O) groups is 1. The van der Waals surface area contributed by atoms with Crippen molar-refractivity contribution in [2.45, 2.75) is 32.9 Å². The SMILES string of the molecule is COc1cc(C)ccc1-c1cc(COC(=O)Nc2ccc3c(c2)nc2n3CCC2)n(C)n1. The molecule has 0 radical (unpaired) electrons. The van der Waals surface area contributed by atoms with Crippen LogP contribution in [0.1, 0.15) is 23.5 Å². The maximum absolute atomic E-state index is 12.4. The molecule has 0 fully saturated rings. The third-order valence-corrected chi connectivity index (χ3v) is 5.82. The fraction of sp³-hybridized carbons (Fsp3) is 0.292. The lowest BCUT2D eigenvalue weighted by Gasteiger charge is -2.07. The van der Waals surface area contributed by atoms with Crippen LogP contribution in [0.2, 0.25) is 0 Å². The third kappa shape index (κ3) is 3.68. The van der Waals surface area contributed by atoms with E-state index in [0.29, 0.717) is 5.69 Å². The van der Waals surface area contributed by atoms with E-state index in [1.165, 1.54) is 0 Å². The van der Waals surface area contributed by atoms with Crippen LogP contribution >= 0.6 is 0 Å². The van der Waals surface area contributed by atoms with Gasteiger partial charge in [-0.2, -0.15) is 5.10 Å². The molecule has 0 atom stereocenters. The van der Waals surface area contributed by atoms with E-state index < -0.39 is 6.09 Å². The molecular formula is C24H25N5O3. The number of amides is 1. The van der Waals surface area contributed by atoms with Crippen LogP contribution in [0.25, 0.3) is 22.3 Å². The van der Waals surface area contributed by atoms with E-state index in [9.17, 15) is 4.79 Å². The number of nitrogens with one attached hydrogen (secondary N) is 1. The number of hydrogen-bond acceptors (Lipinski definition) is 5. The Bertz CT molecular complexity index is 1320. The van der Waals surface area contributed by atoms with Crippen molar-refractivity contribution in [3.05, 3.63) is 59.5 Å². The molecule has 5 rings (SSSR count). The number of methoxy groups -OCH3 is 1. The highest BCUT2D eigenvalue weighted by molar-refractivity contribution is 5.89. The largest absolute Gasteiger partial charge is 0.496 e. The maximum atomic E-state index is 12.4. The van der Waals surface area contributed by atoms with E-state index in [0.717, 1.165) is 64.5 Å². The zero-order valence-electron chi connectivity index (χ0n) is 18.4. The Kier molecular flexibility index (Phi) is 5.05. The molecule has 0 saturated carbocycles. The van der Waals surface area contributed by atoms with Crippen LogP contribution in [0.3, 0.4) is 0 Å². The summed E-state index contributed by atoms with van der Waals surface area (Å²) in [6, 6.07) is 13.6. The fourth-order valence-corrected chi connectivity index (χ4v) is 4.17. The number of nitrogens with zero attached hydrogens (tertiary/aromatic N) is 4. The molecule has 1 amide bonds. The number of rotatable bonds is 5. The van der Waals surface area contributed by atoms with E-state index in [1.807, 2.05) is 56.4 Å². The van der Waals surface area contributed by atoms with Gasteiger partial charge in [0.25, 0.3) is 0 Å². The Labute approximate surface area is 185 Å². The van der Waals surface area contributed by atoms with Crippen molar-refractivity contribution in [1.29, 1.82) is 0 Å². The van der Waals surface area contributed by atoms with Gasteiger partial charge in [0, 0.05) is 31.3 Å². The smallest absolute Gasteiger partial charge is 0.412 e. The van der Waals surface area contributed by atoms with Gasteiger partial charge < -0.3 is 14.0 Å². The molecule has 0 aliphatic carbocycles. The summed E-state index contributed by atoms with van der Waals surface area (Å²) in [7, 11) is 3.47. The molecule has 0 saturated heterocycles. The van der Waals surface area contributed by atoms with E-state index in [1.54, 1.807) is 11.8 Å². The van der Waals surface area contributed by atoms with Crippen LogP contribution in [-0.4, -0.2) is 32.5 Å². The van der Waals surface area contributed by atoms with Gasteiger partial charge >= 0.3 is 6.09 Å². The van der Waals surface area contributed by atoms with E-state index in [2.05, 4.69) is 20.0 Å². The second-order valence-corrected chi connectivity index (χ2v) is 8.04. The summed E-state index contributed by atoms with van der Waals surface area (Å²) in [5.41, 5.74) is 6.20. The van der Waals surface area contributed by atoms with E-state index in [-0.39, 0.29) is 6.61 Å². The Morgan fingerprint density at radius 1 is 1.19 bits per heavy atom. The molecule has 0 spiro atoms. The quantitative estimate of drug-likeness (QED) is 0.505. The fourth-order valence-electron chi connectivity index (χ4n) is 4.17. The highest BCUT2D eigenvalue weighted by Gasteiger charge is 2.17. The minimum Gasteiger partial charge on any atom is -0.496 e. The third-order valence-electron chi connectivity index (χ3n) is 5.82. The lowest BCUT2D eigenvalue weighted by molar-refractivity contribution is 0.152. The van der Waals surface area contributed by atoms with Gasteiger partial charge in [0.05, 0.1) is 29.5 Å². The summed E-state index contributed by atoms with van der Waals surface area (Å²) in [6.45, 7) is 3.12. The molecule has 32 heavy (non-hydrogen) atoms. The van der Waals surface area contributed by atoms with Gasteiger partial charge in [-0.05, 0) is 55.3 Å². The van der Waals surface area contributed by atoms with E-state index >= 15 is 0 Å². The molecule has 1 aliphatic heterocycles. The molecule has 2 aromatic carbocycles. The molecule has 164 valence electrons. The summed E-state index contributed by atoms with van der Waals surface area (Å²) in [6.07, 6.45) is 1.62. The molecule has 1 aliphatic rings. The molecule has 8 heteroatoms. The van der Waals surface area contributed by atoms with E-state index in [4.69, 9.17) is 9.47 Å². The number of hydrogen-bond donors (Lipinski definition) is 1. The number of anilines is 1. The standard InChI is InChI=1S/C24H25N5O3/c1-15-6-8-18(22(11-15)31-3)19-13-17(28(2)27-19)14-32-24(30)25-16-7-9-21-20(12-16)26-23-5-4-10-29(21)23/h6-9,11-13H,4-5,10,14H2,1-3H3,(H,25,30). The summed E-state index contributed by atoms with van der Waals surface area (Å²) < 4.78 is 14.9. The predicted octanol–water partition coefficient (Wildman–Crippen LogP) is 4.45. The molecule has 2 aromatic heterocycles. The number of benzene rings is 2. The highest BCUT2D eigenvalue weighted by Crippen LogP contribution is 2.30. The summed E-state index contributed by atoms with van der Waals surface area (Å²) in [5, 5.41) is 7.35. The molecule has 8 nitrogen and oxygen atoms in total. The summed E-state index contributed by atoms with van der Waals surface area (Å²) in [5.74, 6) is 1.87. The van der Waals surface area contributed by atoms with Gasteiger partial charge in [0.2, 0.25) is 0 Å². The van der Waals surface area contributed by atoms with Gasteiger partial charge in [-0.25, -0.2) is 9.78 Å². The average molecular weight is 431 g/mol. The van der Waals surface area contributed by atoms with Crippen molar-refractivity contribution in [3.8, 4) is 17.0 Å². The van der Waals surface area contributed by atoms with Gasteiger partial charge in [-0.1, -0.05) is 6.07 Å². The molecule has 1 N–H and O–H groups in total. The minimum atomic E-state index is -0.522. The van der Waals surface area contributed by atoms with Gasteiger partial charge in [0.15, 0.2) is 0 Å². The number of aryl methyl sites for hydroxylation is 4. The monoisotopic (exact) mass is 431 g/mol. The summed E-state index contributed by atoms with van der Waals surface area (Å²) >= 11 is 0. The zero-order chi connectivity index (χ0) is 22.2. The van der Waals surface area contributed by atoms with Crippen molar-refractivity contribution < 1.29 is 14.3 Å². The number of imidazole rings is 1. The Morgan fingerprint density at radius 3 is 2.91 bits per heavy atom.